The maximum Gasteiger partial charge on any atom is 0.338 e. The van der Waals surface area contributed by atoms with E-state index in [0.29, 0.717) is 17.6 Å². The van der Waals surface area contributed by atoms with Gasteiger partial charge in [-0.3, -0.25) is 14.4 Å². The zero-order chi connectivity index (χ0) is 32.4. The van der Waals surface area contributed by atoms with Crippen molar-refractivity contribution >= 4 is 31.8 Å². The second-order valence-electron chi connectivity index (χ2n) is 12.6. The van der Waals surface area contributed by atoms with Crippen LogP contribution in [0.2, 0.25) is 18.1 Å². The molecule has 1 heterocycles. The Kier molecular flexibility index (Phi) is 10.0. The summed E-state index contributed by atoms with van der Waals surface area (Å²) in [5.74, 6) is -3.04. The maximum atomic E-state index is 14.9. The average molecular weight is 623 g/mol. The molecule has 0 aromatic heterocycles. The predicted octanol–water partition coefficient (Wildman–Crippen LogP) is 6.32. The van der Waals surface area contributed by atoms with Crippen LogP contribution >= 0.6 is 0 Å². The van der Waals surface area contributed by atoms with Gasteiger partial charge in [-0.25, -0.2) is 4.79 Å². The van der Waals surface area contributed by atoms with Crippen LogP contribution in [0.1, 0.15) is 71.7 Å². The third-order valence-corrected chi connectivity index (χ3v) is 14.8. The number of allylic oxidation sites excluding steroid dienone is 5. The minimum Gasteiger partial charge on any atom is -0.453 e. The molecule has 0 N–H and O–H groups in total. The van der Waals surface area contributed by atoms with Crippen molar-refractivity contribution < 1.29 is 37.8 Å². The minimum absolute atomic E-state index is 0.0337. The monoisotopic (exact) mass is 622 g/mol. The van der Waals surface area contributed by atoms with Crippen LogP contribution < -0.4 is 0 Å². The standard InChI is InChI=1S/C35H46O8Si/c1-9-44(10-2,11-3)43-29-20-30-35(21-40-30,42-24(7)36)32-31(41-33(39)25-15-13-12-14-16-25)27(37)18-17-23(6)26(22(4)5)19-28(38)34(29,32)8/h12-17,19,29-32H,4,9-11,18,20-21H2,1-3,5-8H3/b23-17-,26-19-/t29-,30?,31?,32?,34+,35-/m0/s1. The van der Waals surface area contributed by atoms with E-state index in [2.05, 4.69) is 27.4 Å². The topological polar surface area (TPSA) is 105 Å². The molecular formula is C35H46O8Si. The molecule has 0 radical (unpaired) electrons. The van der Waals surface area contributed by atoms with E-state index in [4.69, 9.17) is 18.6 Å². The number of hydrogen-bond acceptors (Lipinski definition) is 8. The lowest BCUT2D eigenvalue weighted by Crippen LogP contribution is -2.78. The number of esters is 2. The van der Waals surface area contributed by atoms with E-state index in [1.165, 1.54) is 6.92 Å². The maximum absolute atomic E-state index is 14.9. The summed E-state index contributed by atoms with van der Waals surface area (Å²) in [6, 6.07) is 10.9. The van der Waals surface area contributed by atoms with Gasteiger partial charge in [0, 0.05) is 19.8 Å². The second kappa shape index (κ2) is 13.1. The summed E-state index contributed by atoms with van der Waals surface area (Å²) in [6.45, 7) is 17.1. The van der Waals surface area contributed by atoms with E-state index in [1.807, 2.05) is 13.8 Å². The third-order valence-electron chi connectivity index (χ3n) is 10.1. The van der Waals surface area contributed by atoms with Gasteiger partial charge in [0.05, 0.1) is 29.6 Å². The molecule has 0 bridgehead atoms. The fourth-order valence-corrected chi connectivity index (χ4v) is 10.2. The van der Waals surface area contributed by atoms with E-state index in [0.717, 1.165) is 23.7 Å². The molecule has 0 spiro atoms. The Morgan fingerprint density at radius 2 is 1.70 bits per heavy atom. The van der Waals surface area contributed by atoms with Crippen LogP contribution in [0.15, 0.2) is 65.8 Å². The number of ether oxygens (including phenoxy) is 3. The Morgan fingerprint density at radius 3 is 2.23 bits per heavy atom. The number of ketones is 2. The number of Topliss-reactive ketones (excluding diaryl/α,β-unsaturated/α-hetero) is 1. The van der Waals surface area contributed by atoms with Crippen LogP contribution in [0, 0.1) is 11.3 Å². The Bertz CT molecular complexity index is 1370. The van der Waals surface area contributed by atoms with Gasteiger partial charge in [-0.2, -0.15) is 0 Å². The van der Waals surface area contributed by atoms with Gasteiger partial charge in [-0.05, 0) is 68.3 Å². The summed E-state index contributed by atoms with van der Waals surface area (Å²) in [6.07, 6.45) is 0.799. The number of hydrogen-bond donors (Lipinski definition) is 0. The lowest BCUT2D eigenvalue weighted by atomic mass is 9.52. The zero-order valence-electron chi connectivity index (χ0n) is 27.1. The van der Waals surface area contributed by atoms with Gasteiger partial charge in [0.25, 0.3) is 0 Å². The summed E-state index contributed by atoms with van der Waals surface area (Å²) in [5.41, 5.74) is -0.496. The number of rotatable bonds is 9. The van der Waals surface area contributed by atoms with Gasteiger partial charge in [0.1, 0.15) is 6.10 Å². The molecule has 8 nitrogen and oxygen atoms in total. The second-order valence-corrected chi connectivity index (χ2v) is 17.4. The van der Waals surface area contributed by atoms with Crippen molar-refractivity contribution in [2.24, 2.45) is 11.3 Å². The van der Waals surface area contributed by atoms with Gasteiger partial charge in [-0.1, -0.05) is 57.2 Å². The predicted molar refractivity (Wildman–Crippen MR) is 169 cm³/mol. The van der Waals surface area contributed by atoms with Gasteiger partial charge in [0.15, 0.2) is 31.6 Å². The molecule has 6 atom stereocenters. The van der Waals surface area contributed by atoms with Gasteiger partial charge in [-0.15, -0.1) is 0 Å². The molecule has 2 aliphatic carbocycles. The lowest BCUT2D eigenvalue weighted by molar-refractivity contribution is -0.324. The number of carbonyl (C=O) groups excluding carboxylic acids is 4. The van der Waals surface area contributed by atoms with Crippen molar-refractivity contribution in [3.05, 3.63) is 71.3 Å². The molecule has 1 aliphatic heterocycles. The van der Waals surface area contributed by atoms with Crippen molar-refractivity contribution in [2.45, 2.75) is 103 Å². The van der Waals surface area contributed by atoms with E-state index >= 15 is 0 Å². The molecule has 238 valence electrons. The highest BCUT2D eigenvalue weighted by Gasteiger charge is 2.73. The van der Waals surface area contributed by atoms with Crippen molar-refractivity contribution in [2.75, 3.05) is 6.61 Å². The minimum atomic E-state index is -2.33. The van der Waals surface area contributed by atoms with Crippen molar-refractivity contribution in [1.82, 2.24) is 0 Å². The largest absolute Gasteiger partial charge is 0.453 e. The van der Waals surface area contributed by atoms with Gasteiger partial charge < -0.3 is 18.6 Å². The van der Waals surface area contributed by atoms with E-state index in [9.17, 15) is 19.2 Å². The Hall–Kier alpha value is -3.14. The molecule has 9 heteroatoms. The molecule has 4 rings (SSSR count). The SMILES string of the molecule is C=C(C)C1=C/C(=O)[C@@]2(C)C(C(OC(=O)c3ccccc3)C(=O)C/C=C\1C)[C@]1(OC(C)=O)COC1C[C@@H]2O[Si](CC)(CC)CC. The smallest absolute Gasteiger partial charge is 0.338 e. The molecule has 1 aromatic carbocycles. The molecule has 0 amide bonds. The lowest BCUT2D eigenvalue weighted by Gasteiger charge is -2.63. The van der Waals surface area contributed by atoms with Crippen LogP contribution in [0.5, 0.6) is 0 Å². The van der Waals surface area contributed by atoms with E-state index < -0.39 is 61.3 Å². The molecule has 1 aromatic rings. The van der Waals surface area contributed by atoms with Crippen LogP contribution in [0.4, 0.5) is 0 Å². The van der Waals surface area contributed by atoms with E-state index in [1.54, 1.807) is 49.4 Å². The summed E-state index contributed by atoms with van der Waals surface area (Å²) in [4.78, 5) is 55.5. The first kappa shape index (κ1) is 33.7. The van der Waals surface area contributed by atoms with Gasteiger partial charge in [0.2, 0.25) is 0 Å². The first-order valence-electron chi connectivity index (χ1n) is 15.6. The van der Waals surface area contributed by atoms with Crippen LogP contribution in [-0.4, -0.2) is 62.3 Å². The van der Waals surface area contributed by atoms with Crippen LogP contribution in [0.3, 0.4) is 0 Å². The molecule has 3 aliphatic rings. The van der Waals surface area contributed by atoms with Crippen molar-refractivity contribution in [3.63, 3.8) is 0 Å². The normalized spacial score (nSPS) is 32.9. The quantitative estimate of drug-likeness (QED) is 0.233. The highest BCUT2D eigenvalue weighted by Crippen LogP contribution is 2.58. The van der Waals surface area contributed by atoms with E-state index in [-0.39, 0.29) is 24.4 Å². The number of carbonyl (C=O) groups is 4. The molecular weight excluding hydrogens is 576 g/mol. The number of benzene rings is 1. The Balaban J connectivity index is 2.01. The van der Waals surface area contributed by atoms with Crippen molar-refractivity contribution in [1.29, 1.82) is 0 Å². The Labute approximate surface area is 262 Å². The number of fused-ring (bicyclic) bond motifs is 3. The molecule has 1 saturated carbocycles. The fraction of sp³-hybridized carbons (Fsp3) is 0.543. The summed E-state index contributed by atoms with van der Waals surface area (Å²) >= 11 is 0. The summed E-state index contributed by atoms with van der Waals surface area (Å²) < 4.78 is 25.4. The Morgan fingerprint density at radius 1 is 1.07 bits per heavy atom. The highest BCUT2D eigenvalue weighted by atomic mass is 28.4. The molecule has 44 heavy (non-hydrogen) atoms. The summed E-state index contributed by atoms with van der Waals surface area (Å²) in [5, 5.41) is 0. The van der Waals surface area contributed by atoms with Crippen LogP contribution in [-0.2, 0) is 33.0 Å². The molecule has 1 saturated heterocycles. The highest BCUT2D eigenvalue weighted by molar-refractivity contribution is 6.73. The zero-order valence-corrected chi connectivity index (χ0v) is 28.1. The average Bonchev–Trinajstić information content (AvgIpc) is 2.99. The first-order chi connectivity index (χ1) is 20.8. The first-order valence-corrected chi connectivity index (χ1v) is 18.2. The van der Waals surface area contributed by atoms with Crippen molar-refractivity contribution in [3.8, 4) is 0 Å². The third kappa shape index (κ3) is 5.94. The molecule has 2 fully saturated rings. The fourth-order valence-electron chi connectivity index (χ4n) is 7.27. The van der Waals surface area contributed by atoms with Crippen LogP contribution in [0.25, 0.3) is 0 Å². The summed E-state index contributed by atoms with van der Waals surface area (Å²) in [7, 11) is -2.33. The molecule has 3 unspecified atom stereocenters. The van der Waals surface area contributed by atoms with Gasteiger partial charge >= 0.3 is 11.9 Å².